The van der Waals surface area contributed by atoms with E-state index in [1.54, 1.807) is 32.1 Å². The molecule has 0 aliphatic rings. The van der Waals surface area contributed by atoms with Crippen LogP contribution < -0.4 is 15.6 Å². The van der Waals surface area contributed by atoms with Gasteiger partial charge in [0.05, 0.1) is 26.4 Å². The maximum absolute atomic E-state index is 12.9. The van der Waals surface area contributed by atoms with Gasteiger partial charge in [-0.3, -0.25) is 4.79 Å². The molecule has 0 radical (unpaired) electrons. The topological polar surface area (TPSA) is 74.6 Å². The van der Waals surface area contributed by atoms with Crippen molar-refractivity contribution in [1.29, 1.82) is 0 Å². The first-order valence-electron chi connectivity index (χ1n) is 8.10. The van der Waals surface area contributed by atoms with Gasteiger partial charge in [0.25, 0.3) is 5.56 Å². The summed E-state index contributed by atoms with van der Waals surface area (Å²) in [5.41, 5.74) is 2.46. The van der Waals surface area contributed by atoms with Gasteiger partial charge in [-0.25, -0.2) is 4.98 Å². The highest BCUT2D eigenvalue weighted by atomic mass is 79.9. The number of nitrogens with one attached hydrogen (secondary N) is 1. The van der Waals surface area contributed by atoms with E-state index < -0.39 is 0 Å². The third-order valence-corrected chi connectivity index (χ3v) is 4.39. The molecule has 0 atom stereocenters. The first-order valence-corrected chi connectivity index (χ1v) is 8.89. The molecule has 2 aromatic rings. The van der Waals surface area contributed by atoms with E-state index in [4.69, 9.17) is 14.2 Å². The molecule has 0 saturated heterocycles. The summed E-state index contributed by atoms with van der Waals surface area (Å²) >= 11 is 3.37. The quantitative estimate of drug-likeness (QED) is 0.699. The monoisotopic (exact) mass is 425 g/mol. The zero-order valence-electron chi connectivity index (χ0n) is 15.6. The Balaban J connectivity index is 2.45. The summed E-state index contributed by atoms with van der Waals surface area (Å²) in [4.78, 5) is 17.2. The molecule has 8 heteroatoms. The molecule has 0 spiro atoms. The Morgan fingerprint density at radius 2 is 1.81 bits per heavy atom. The normalized spacial score (nSPS) is 11.0. The zero-order valence-corrected chi connectivity index (χ0v) is 17.2. The molecule has 1 heterocycles. The highest BCUT2D eigenvalue weighted by molar-refractivity contribution is 9.10. The standard InChI is InChI=1S/C18H24BrN3O4/c1-11-7-15(26-5)12(2)6-14(11)20-17-18(23)22(8-16(19)21-17)13(9-24-3)10-25-4/h6-8,13H,9-10H2,1-5H3,(H,20,21). The molecule has 0 amide bonds. The van der Waals surface area contributed by atoms with Crippen molar-refractivity contribution >= 4 is 27.4 Å². The van der Waals surface area contributed by atoms with Crippen LogP contribution in [0.4, 0.5) is 11.5 Å². The SMILES string of the molecule is COCC(COC)n1cc(Br)nc(Nc2cc(C)c(OC)cc2C)c1=O. The van der Waals surface area contributed by atoms with Crippen LogP contribution in [0.1, 0.15) is 17.2 Å². The molecule has 1 aromatic carbocycles. The molecule has 0 bridgehead atoms. The minimum absolute atomic E-state index is 0.226. The van der Waals surface area contributed by atoms with Gasteiger partial charge in [0.1, 0.15) is 10.4 Å². The predicted octanol–water partition coefficient (Wildman–Crippen LogP) is 3.21. The van der Waals surface area contributed by atoms with Gasteiger partial charge in [-0.05, 0) is 53.0 Å². The van der Waals surface area contributed by atoms with Crippen molar-refractivity contribution in [2.24, 2.45) is 0 Å². The van der Waals surface area contributed by atoms with Gasteiger partial charge in [0.15, 0.2) is 5.82 Å². The van der Waals surface area contributed by atoms with E-state index in [1.165, 1.54) is 0 Å². The largest absolute Gasteiger partial charge is 0.496 e. The van der Waals surface area contributed by atoms with Crippen LogP contribution >= 0.6 is 15.9 Å². The fourth-order valence-corrected chi connectivity index (χ4v) is 3.10. The van der Waals surface area contributed by atoms with Crippen molar-refractivity contribution in [2.75, 3.05) is 39.9 Å². The van der Waals surface area contributed by atoms with Crippen LogP contribution in [0.2, 0.25) is 0 Å². The summed E-state index contributed by atoms with van der Waals surface area (Å²) in [7, 11) is 4.81. The lowest BCUT2D eigenvalue weighted by Gasteiger charge is -2.20. The van der Waals surface area contributed by atoms with Crippen LogP contribution in [0, 0.1) is 13.8 Å². The summed E-state index contributed by atoms with van der Waals surface area (Å²) in [5.74, 6) is 1.03. The Morgan fingerprint density at radius 3 is 2.38 bits per heavy atom. The van der Waals surface area contributed by atoms with Crippen LogP contribution in [0.25, 0.3) is 0 Å². The van der Waals surface area contributed by atoms with Crippen LogP contribution in [0.3, 0.4) is 0 Å². The molecule has 0 aliphatic carbocycles. The van der Waals surface area contributed by atoms with Gasteiger partial charge in [0.2, 0.25) is 0 Å². The van der Waals surface area contributed by atoms with E-state index in [1.807, 2.05) is 26.0 Å². The summed E-state index contributed by atoms with van der Waals surface area (Å²) in [6, 6.07) is 3.60. The first-order chi connectivity index (χ1) is 12.4. The van der Waals surface area contributed by atoms with E-state index in [-0.39, 0.29) is 17.4 Å². The van der Waals surface area contributed by atoms with Crippen molar-refractivity contribution in [3.63, 3.8) is 0 Å². The van der Waals surface area contributed by atoms with Crippen molar-refractivity contribution in [3.8, 4) is 5.75 Å². The van der Waals surface area contributed by atoms with Crippen LogP contribution in [0.5, 0.6) is 5.75 Å². The molecule has 0 saturated carbocycles. The molecule has 0 unspecified atom stereocenters. The summed E-state index contributed by atoms with van der Waals surface area (Å²) < 4.78 is 17.9. The average Bonchev–Trinajstić information content (AvgIpc) is 2.60. The lowest BCUT2D eigenvalue weighted by atomic mass is 10.1. The summed E-state index contributed by atoms with van der Waals surface area (Å²) in [5, 5.41) is 3.14. The minimum atomic E-state index is -0.254. The molecule has 7 nitrogen and oxygen atoms in total. The number of benzene rings is 1. The Morgan fingerprint density at radius 1 is 1.15 bits per heavy atom. The second-order valence-corrected chi connectivity index (χ2v) is 6.76. The van der Waals surface area contributed by atoms with E-state index in [9.17, 15) is 4.79 Å². The number of methoxy groups -OCH3 is 3. The molecule has 2 rings (SSSR count). The number of halogens is 1. The van der Waals surface area contributed by atoms with Gasteiger partial charge in [-0.1, -0.05) is 0 Å². The Hall–Kier alpha value is -1.90. The van der Waals surface area contributed by atoms with E-state index >= 15 is 0 Å². The molecule has 26 heavy (non-hydrogen) atoms. The second kappa shape index (κ2) is 9.16. The number of rotatable bonds is 8. The molecule has 0 aliphatic heterocycles. The molecule has 142 valence electrons. The van der Waals surface area contributed by atoms with Gasteiger partial charge >= 0.3 is 0 Å². The highest BCUT2D eigenvalue weighted by Crippen LogP contribution is 2.27. The number of anilines is 2. The predicted molar refractivity (Wildman–Crippen MR) is 105 cm³/mol. The highest BCUT2D eigenvalue weighted by Gasteiger charge is 2.17. The smallest absolute Gasteiger partial charge is 0.294 e. The van der Waals surface area contributed by atoms with Crippen molar-refractivity contribution < 1.29 is 14.2 Å². The Kier molecular flexibility index (Phi) is 7.19. The van der Waals surface area contributed by atoms with E-state index in [0.717, 1.165) is 22.6 Å². The number of aryl methyl sites for hydroxylation is 2. The fraction of sp³-hybridized carbons (Fsp3) is 0.444. The van der Waals surface area contributed by atoms with Gasteiger partial charge < -0.3 is 24.1 Å². The molecule has 1 N–H and O–H groups in total. The number of aromatic nitrogens is 2. The lowest BCUT2D eigenvalue weighted by molar-refractivity contribution is 0.0878. The van der Waals surface area contributed by atoms with Crippen molar-refractivity contribution in [2.45, 2.75) is 19.9 Å². The maximum atomic E-state index is 12.9. The molecule has 0 fully saturated rings. The lowest BCUT2D eigenvalue weighted by Crippen LogP contribution is -2.32. The van der Waals surface area contributed by atoms with E-state index in [0.29, 0.717) is 17.8 Å². The minimum Gasteiger partial charge on any atom is -0.496 e. The second-order valence-electron chi connectivity index (χ2n) is 5.95. The molecular weight excluding hydrogens is 402 g/mol. The van der Waals surface area contributed by atoms with Gasteiger partial charge in [-0.2, -0.15) is 0 Å². The van der Waals surface area contributed by atoms with Crippen molar-refractivity contribution in [3.05, 3.63) is 44.4 Å². The Labute approximate surface area is 161 Å². The van der Waals surface area contributed by atoms with Crippen LogP contribution in [0.15, 0.2) is 27.7 Å². The first kappa shape index (κ1) is 20.4. The Bertz CT molecular complexity index is 817. The van der Waals surface area contributed by atoms with Gasteiger partial charge in [-0.15, -0.1) is 0 Å². The number of hydrogen-bond donors (Lipinski definition) is 1. The summed E-state index contributed by atoms with van der Waals surface area (Å²) in [6.45, 7) is 4.59. The van der Waals surface area contributed by atoms with Crippen LogP contribution in [-0.4, -0.2) is 44.1 Å². The van der Waals surface area contributed by atoms with Crippen LogP contribution in [-0.2, 0) is 9.47 Å². The van der Waals surface area contributed by atoms with Crippen molar-refractivity contribution in [1.82, 2.24) is 9.55 Å². The zero-order chi connectivity index (χ0) is 19.3. The number of nitrogens with zero attached hydrogens (tertiary/aromatic N) is 2. The van der Waals surface area contributed by atoms with E-state index in [2.05, 4.69) is 26.2 Å². The summed E-state index contributed by atoms with van der Waals surface area (Å²) in [6.07, 6.45) is 1.64. The third kappa shape index (κ3) is 4.63. The molecule has 1 aromatic heterocycles. The molecular formula is C18H24BrN3O4. The van der Waals surface area contributed by atoms with Gasteiger partial charge in [0, 0.05) is 26.1 Å². The average molecular weight is 426 g/mol. The third-order valence-electron chi connectivity index (χ3n) is 4.01. The fourth-order valence-electron chi connectivity index (χ4n) is 2.70. The number of ether oxygens (including phenoxy) is 3. The maximum Gasteiger partial charge on any atom is 0.294 e. The number of hydrogen-bond acceptors (Lipinski definition) is 6.